The van der Waals surface area contributed by atoms with Crippen molar-refractivity contribution in [3.8, 4) is 0 Å². The predicted molar refractivity (Wildman–Crippen MR) is 58.1 cm³/mol. The molecule has 1 atom stereocenters. The highest BCUT2D eigenvalue weighted by Crippen LogP contribution is 2.32. The summed E-state index contributed by atoms with van der Waals surface area (Å²) < 4.78 is 66.3. The highest BCUT2D eigenvalue weighted by atomic mass is 32.2. The van der Waals surface area contributed by atoms with Crippen LogP contribution in [0, 0.1) is 5.92 Å². The second-order valence-corrected chi connectivity index (χ2v) is 5.61. The molecule has 110 valence electrons. The van der Waals surface area contributed by atoms with Crippen molar-refractivity contribution in [1.82, 2.24) is 0 Å². The Morgan fingerprint density at radius 2 is 2.11 bits per heavy atom. The zero-order valence-electron chi connectivity index (χ0n) is 10.1. The van der Waals surface area contributed by atoms with Crippen LogP contribution in [-0.2, 0) is 23.8 Å². The lowest BCUT2D eigenvalue weighted by atomic mass is 9.91. The van der Waals surface area contributed by atoms with Crippen molar-refractivity contribution in [3.05, 3.63) is 11.8 Å². The van der Waals surface area contributed by atoms with Gasteiger partial charge in [-0.05, 0) is 24.8 Å². The number of carbonyl (C=O) groups is 1. The number of esters is 1. The van der Waals surface area contributed by atoms with Crippen molar-refractivity contribution >= 4 is 16.1 Å². The molecule has 0 N–H and O–H groups in total. The molecule has 9 heteroatoms. The first-order valence-electron chi connectivity index (χ1n) is 5.42. The van der Waals surface area contributed by atoms with Crippen LogP contribution >= 0.6 is 0 Å². The highest BCUT2D eigenvalue weighted by Gasteiger charge is 2.48. The van der Waals surface area contributed by atoms with E-state index in [9.17, 15) is 26.4 Å². The maximum atomic E-state index is 12.1. The molecule has 1 rings (SSSR count). The predicted octanol–water partition coefficient (Wildman–Crippen LogP) is 2.10. The van der Waals surface area contributed by atoms with Gasteiger partial charge >= 0.3 is 21.6 Å². The zero-order chi connectivity index (χ0) is 14.7. The van der Waals surface area contributed by atoms with Gasteiger partial charge in [-0.25, -0.2) is 0 Å². The van der Waals surface area contributed by atoms with E-state index in [4.69, 9.17) is 0 Å². The Kier molecular flexibility index (Phi) is 4.83. The van der Waals surface area contributed by atoms with Gasteiger partial charge in [-0.3, -0.25) is 4.79 Å². The van der Waals surface area contributed by atoms with Gasteiger partial charge in [-0.1, -0.05) is 0 Å². The first-order chi connectivity index (χ1) is 8.65. The molecule has 0 saturated heterocycles. The van der Waals surface area contributed by atoms with Crippen molar-refractivity contribution in [3.63, 3.8) is 0 Å². The summed E-state index contributed by atoms with van der Waals surface area (Å²) >= 11 is 0. The second-order valence-electron chi connectivity index (χ2n) is 4.07. The van der Waals surface area contributed by atoms with E-state index < -0.39 is 21.6 Å². The van der Waals surface area contributed by atoms with E-state index in [1.54, 1.807) is 0 Å². The Bertz CT molecular complexity index is 466. The molecule has 0 bridgehead atoms. The molecular formula is C10H13F3O5S. The monoisotopic (exact) mass is 302 g/mol. The molecule has 5 nitrogen and oxygen atoms in total. The maximum absolute atomic E-state index is 12.1. The fraction of sp³-hybridized carbons (Fsp3) is 0.700. The zero-order valence-corrected chi connectivity index (χ0v) is 10.9. The normalized spacial score (nSPS) is 20.6. The Labute approximate surface area is 108 Å². The first-order valence-corrected chi connectivity index (χ1v) is 6.83. The first kappa shape index (κ1) is 15.8. The number of carbonyl (C=O) groups excluding carboxylic acids is 1. The molecule has 0 spiro atoms. The summed E-state index contributed by atoms with van der Waals surface area (Å²) in [6.07, 6.45) is 2.09. The van der Waals surface area contributed by atoms with Gasteiger partial charge < -0.3 is 8.92 Å². The third-order valence-corrected chi connectivity index (χ3v) is 3.66. The number of halogens is 3. The summed E-state index contributed by atoms with van der Waals surface area (Å²) in [6.45, 7) is 0. The Balaban J connectivity index is 2.59. The third kappa shape index (κ3) is 4.41. The molecule has 0 amide bonds. The van der Waals surface area contributed by atoms with Gasteiger partial charge in [0.15, 0.2) is 0 Å². The standard InChI is InChI=1S/C10H13F3O5S/c1-17-9(14)6-7-2-4-8(5-3-7)18-19(15,16)10(11,12)13/h4,7H,2-3,5-6H2,1H3/t7-/m1/s1. The van der Waals surface area contributed by atoms with Crippen LogP contribution in [0.1, 0.15) is 25.7 Å². The fourth-order valence-corrected chi connectivity index (χ4v) is 2.16. The fourth-order valence-electron chi connectivity index (χ4n) is 1.63. The van der Waals surface area contributed by atoms with Crippen molar-refractivity contribution in [2.45, 2.75) is 31.2 Å². The summed E-state index contributed by atoms with van der Waals surface area (Å²) in [4.78, 5) is 11.0. The molecule has 0 saturated carbocycles. The van der Waals surface area contributed by atoms with Crippen LogP contribution in [-0.4, -0.2) is 27.0 Å². The topological polar surface area (TPSA) is 69.7 Å². The second kappa shape index (κ2) is 5.81. The minimum absolute atomic E-state index is 0.0387. The van der Waals surface area contributed by atoms with Gasteiger partial charge in [0.05, 0.1) is 7.11 Å². The van der Waals surface area contributed by atoms with E-state index in [-0.39, 0.29) is 30.9 Å². The number of ether oxygens (including phenoxy) is 1. The smallest absolute Gasteiger partial charge is 0.469 e. The van der Waals surface area contributed by atoms with Crippen LogP contribution in [0.2, 0.25) is 0 Å². The van der Waals surface area contributed by atoms with Crippen LogP contribution in [0.5, 0.6) is 0 Å². The SMILES string of the molecule is COC(=O)C[C@@H]1CC=C(OS(=O)(=O)C(F)(F)F)CC1. The molecule has 0 fully saturated rings. The van der Waals surface area contributed by atoms with Crippen molar-refractivity contribution in [2.75, 3.05) is 7.11 Å². The lowest BCUT2D eigenvalue weighted by Crippen LogP contribution is -2.26. The van der Waals surface area contributed by atoms with Crippen LogP contribution in [0.4, 0.5) is 13.2 Å². The number of hydrogen-bond acceptors (Lipinski definition) is 5. The lowest BCUT2D eigenvalue weighted by Gasteiger charge is -2.21. The van der Waals surface area contributed by atoms with E-state index >= 15 is 0 Å². The Morgan fingerprint density at radius 1 is 1.47 bits per heavy atom. The molecule has 1 aliphatic rings. The Morgan fingerprint density at radius 3 is 2.53 bits per heavy atom. The summed E-state index contributed by atoms with van der Waals surface area (Å²) in [5.74, 6) is -0.725. The molecule has 0 heterocycles. The van der Waals surface area contributed by atoms with E-state index in [2.05, 4.69) is 8.92 Å². The number of alkyl halides is 3. The van der Waals surface area contributed by atoms with Crippen LogP contribution < -0.4 is 0 Å². The van der Waals surface area contributed by atoms with Crippen LogP contribution in [0.25, 0.3) is 0 Å². The third-order valence-electron chi connectivity index (χ3n) is 2.66. The maximum Gasteiger partial charge on any atom is 0.534 e. The van der Waals surface area contributed by atoms with Crippen LogP contribution in [0.15, 0.2) is 11.8 Å². The molecular weight excluding hydrogens is 289 g/mol. The lowest BCUT2D eigenvalue weighted by molar-refractivity contribution is -0.141. The number of rotatable bonds is 4. The summed E-state index contributed by atoms with van der Waals surface area (Å²) in [5.41, 5.74) is -5.43. The summed E-state index contributed by atoms with van der Waals surface area (Å²) in [7, 11) is -4.36. The molecule has 0 unspecified atom stereocenters. The van der Waals surface area contributed by atoms with Gasteiger partial charge in [0.25, 0.3) is 0 Å². The van der Waals surface area contributed by atoms with Crippen molar-refractivity contribution in [1.29, 1.82) is 0 Å². The van der Waals surface area contributed by atoms with Crippen molar-refractivity contribution in [2.24, 2.45) is 5.92 Å². The van der Waals surface area contributed by atoms with E-state index in [0.717, 1.165) is 0 Å². The molecule has 0 aromatic carbocycles. The van der Waals surface area contributed by atoms with Gasteiger partial charge in [0.1, 0.15) is 5.76 Å². The van der Waals surface area contributed by atoms with E-state index in [0.29, 0.717) is 6.42 Å². The largest absolute Gasteiger partial charge is 0.534 e. The number of allylic oxidation sites excluding steroid dienone is 2. The Hall–Kier alpha value is -1.25. The quantitative estimate of drug-likeness (QED) is 0.452. The molecule has 19 heavy (non-hydrogen) atoms. The average Bonchev–Trinajstić information content (AvgIpc) is 2.29. The summed E-state index contributed by atoms with van der Waals surface area (Å²) in [6, 6.07) is 0. The number of methoxy groups -OCH3 is 1. The molecule has 0 aliphatic heterocycles. The van der Waals surface area contributed by atoms with E-state index in [1.165, 1.54) is 13.2 Å². The van der Waals surface area contributed by atoms with Crippen LogP contribution in [0.3, 0.4) is 0 Å². The van der Waals surface area contributed by atoms with Gasteiger partial charge in [-0.2, -0.15) is 21.6 Å². The molecule has 0 aromatic heterocycles. The van der Waals surface area contributed by atoms with Gasteiger partial charge in [0.2, 0.25) is 0 Å². The van der Waals surface area contributed by atoms with Gasteiger partial charge in [0, 0.05) is 12.8 Å². The van der Waals surface area contributed by atoms with E-state index in [1.807, 2.05) is 0 Å². The molecule has 1 aliphatic carbocycles. The van der Waals surface area contributed by atoms with Gasteiger partial charge in [-0.15, -0.1) is 0 Å². The van der Waals surface area contributed by atoms with Crippen molar-refractivity contribution < 1.29 is 35.3 Å². The average molecular weight is 302 g/mol. The minimum atomic E-state index is -5.60. The summed E-state index contributed by atoms with van der Waals surface area (Å²) in [5, 5.41) is 0. The molecule has 0 radical (unpaired) electrons. The minimum Gasteiger partial charge on any atom is -0.469 e. The molecule has 0 aromatic rings. The highest BCUT2D eigenvalue weighted by molar-refractivity contribution is 7.87. The number of hydrogen-bond donors (Lipinski definition) is 0.